The molecule has 6 heteroatoms. The van der Waals surface area contributed by atoms with E-state index in [4.69, 9.17) is 13.3 Å². The minimum Gasteiger partial charge on any atom is -0.419 e. The fourth-order valence-corrected chi connectivity index (χ4v) is 6.85. The average Bonchev–Trinajstić information content (AvgIpc) is 3.08. The van der Waals surface area contributed by atoms with Gasteiger partial charge in [0.15, 0.2) is 35.6 Å². The van der Waals surface area contributed by atoms with Crippen LogP contribution in [0.5, 0.6) is 0 Å². The van der Waals surface area contributed by atoms with E-state index in [1.165, 1.54) is 24.0 Å². The van der Waals surface area contributed by atoms with Crippen molar-refractivity contribution in [2.45, 2.75) is 52.4 Å². The highest BCUT2D eigenvalue weighted by atomic mass is 28.2. The van der Waals surface area contributed by atoms with Gasteiger partial charge in [-0.15, -0.1) is 0 Å². The zero-order chi connectivity index (χ0) is 16.7. The van der Waals surface area contributed by atoms with Gasteiger partial charge in [-0.2, -0.15) is 0 Å². The summed E-state index contributed by atoms with van der Waals surface area (Å²) >= 11 is 0. The lowest BCUT2D eigenvalue weighted by molar-refractivity contribution is -0.0223. The van der Waals surface area contributed by atoms with E-state index in [2.05, 4.69) is 51.2 Å². The molecular formula is C17H32O3Si3. The van der Waals surface area contributed by atoms with E-state index in [9.17, 15) is 0 Å². The summed E-state index contributed by atoms with van der Waals surface area (Å²) in [7, 11) is -1.76. The summed E-state index contributed by atoms with van der Waals surface area (Å²) < 4.78 is 18.1. The number of hydrogen-bond acceptors (Lipinski definition) is 3. The third-order valence-corrected chi connectivity index (χ3v) is 9.48. The number of allylic oxidation sites excluding steroid dienone is 4. The molecule has 0 radical (unpaired) electrons. The van der Waals surface area contributed by atoms with Crippen molar-refractivity contribution < 1.29 is 13.3 Å². The van der Waals surface area contributed by atoms with Crippen molar-refractivity contribution in [3.05, 3.63) is 34.7 Å². The molecule has 0 aliphatic heterocycles. The monoisotopic (exact) mass is 368 g/mol. The van der Waals surface area contributed by atoms with Gasteiger partial charge in [0.2, 0.25) is 0 Å². The topological polar surface area (TPSA) is 27.7 Å². The van der Waals surface area contributed by atoms with Crippen LogP contribution in [0.4, 0.5) is 0 Å². The van der Waals surface area contributed by atoms with Crippen LogP contribution in [0.3, 0.4) is 0 Å². The first kappa shape index (κ1) is 19.1. The standard InChI is InChI=1S/C17H32O3Si3/c1-12(2)10-21-19-17(20-22-11-13(3)4)9-18-23-16-8-14-5-6-15(16)7-14/h5-6,10-11,14-17H,7-9,21-23H2,1-4H3. The van der Waals surface area contributed by atoms with E-state index in [1.54, 1.807) is 0 Å². The normalized spacial score (nSPS) is 27.9. The van der Waals surface area contributed by atoms with Crippen LogP contribution in [0.25, 0.3) is 0 Å². The van der Waals surface area contributed by atoms with Crippen LogP contribution in [0, 0.1) is 11.8 Å². The second-order valence-corrected chi connectivity index (χ2v) is 11.2. The molecule has 0 N–H and O–H groups in total. The van der Waals surface area contributed by atoms with Crippen molar-refractivity contribution >= 4 is 29.3 Å². The minimum absolute atomic E-state index is 0.138. The van der Waals surface area contributed by atoms with Crippen LogP contribution in [-0.2, 0) is 13.3 Å². The van der Waals surface area contributed by atoms with Gasteiger partial charge in [0.1, 0.15) is 0 Å². The summed E-state index contributed by atoms with van der Waals surface area (Å²) in [6.45, 7) is 9.12. The number of fused-ring (bicyclic) bond motifs is 2. The summed E-state index contributed by atoms with van der Waals surface area (Å²) in [6.07, 6.45) is 7.42. The zero-order valence-corrected chi connectivity index (χ0v) is 19.3. The molecule has 2 bridgehead atoms. The van der Waals surface area contributed by atoms with E-state index in [-0.39, 0.29) is 6.29 Å². The lowest BCUT2D eigenvalue weighted by Gasteiger charge is -2.21. The Labute approximate surface area is 148 Å². The fourth-order valence-electron chi connectivity index (χ4n) is 3.19. The van der Waals surface area contributed by atoms with Crippen molar-refractivity contribution in [3.8, 4) is 0 Å². The van der Waals surface area contributed by atoms with Gasteiger partial charge in [0.05, 0.1) is 6.61 Å². The second kappa shape index (κ2) is 9.90. The molecule has 0 spiro atoms. The van der Waals surface area contributed by atoms with Gasteiger partial charge in [-0.3, -0.25) is 0 Å². The second-order valence-electron chi connectivity index (χ2n) is 7.24. The van der Waals surface area contributed by atoms with Crippen molar-refractivity contribution in [3.63, 3.8) is 0 Å². The van der Waals surface area contributed by atoms with Crippen LogP contribution in [-0.4, -0.2) is 42.2 Å². The Balaban J connectivity index is 1.70. The Bertz CT molecular complexity index is 432. The Hall–Kier alpha value is -0.249. The first-order valence-electron chi connectivity index (χ1n) is 8.80. The highest BCUT2D eigenvalue weighted by Crippen LogP contribution is 2.46. The molecule has 2 aliphatic rings. The fraction of sp³-hybridized carbons (Fsp3) is 0.647. The van der Waals surface area contributed by atoms with Crippen LogP contribution < -0.4 is 0 Å². The van der Waals surface area contributed by atoms with Crippen molar-refractivity contribution in [2.24, 2.45) is 11.8 Å². The first-order valence-corrected chi connectivity index (χ1v) is 13.0. The van der Waals surface area contributed by atoms with Gasteiger partial charge in [-0.25, -0.2) is 0 Å². The first-order chi connectivity index (χ1) is 11.0. The summed E-state index contributed by atoms with van der Waals surface area (Å²) in [4.78, 5) is 0. The van der Waals surface area contributed by atoms with Gasteiger partial charge < -0.3 is 13.3 Å². The summed E-state index contributed by atoms with van der Waals surface area (Å²) in [5, 5.41) is 0. The SMILES string of the molecule is CC(C)=C[SiH2]OC(CO[SiH2]C1CC2C=CC1C2)O[SiH2]C=C(C)C. The van der Waals surface area contributed by atoms with Gasteiger partial charge >= 0.3 is 0 Å². The maximum Gasteiger partial charge on any atom is 0.188 e. The third kappa shape index (κ3) is 7.03. The highest BCUT2D eigenvalue weighted by molar-refractivity contribution is 6.35. The van der Waals surface area contributed by atoms with E-state index in [1.807, 2.05) is 0 Å². The quantitative estimate of drug-likeness (QED) is 0.335. The molecule has 23 heavy (non-hydrogen) atoms. The predicted molar refractivity (Wildman–Crippen MR) is 106 cm³/mol. The summed E-state index contributed by atoms with van der Waals surface area (Å²) in [5.74, 6) is 1.66. The Morgan fingerprint density at radius 2 is 1.70 bits per heavy atom. The van der Waals surface area contributed by atoms with Crippen molar-refractivity contribution in [1.82, 2.24) is 0 Å². The molecule has 3 nitrogen and oxygen atoms in total. The number of rotatable bonds is 10. The molecular weight excluding hydrogens is 336 g/mol. The Morgan fingerprint density at radius 1 is 1.04 bits per heavy atom. The smallest absolute Gasteiger partial charge is 0.188 e. The number of hydrogen-bond donors (Lipinski definition) is 0. The van der Waals surface area contributed by atoms with Crippen LogP contribution in [0.15, 0.2) is 34.7 Å². The van der Waals surface area contributed by atoms with Crippen molar-refractivity contribution in [2.75, 3.05) is 6.61 Å². The molecule has 0 saturated heterocycles. The van der Waals surface area contributed by atoms with Crippen LogP contribution >= 0.6 is 0 Å². The largest absolute Gasteiger partial charge is 0.419 e. The van der Waals surface area contributed by atoms with Gasteiger partial charge in [-0.05, 0) is 57.9 Å². The molecule has 1 fully saturated rings. The highest BCUT2D eigenvalue weighted by Gasteiger charge is 2.35. The Kier molecular flexibility index (Phi) is 8.22. The molecule has 3 unspecified atom stereocenters. The van der Waals surface area contributed by atoms with E-state index in [0.29, 0.717) is 6.61 Å². The molecule has 0 aromatic rings. The van der Waals surface area contributed by atoms with Gasteiger partial charge in [0.25, 0.3) is 0 Å². The van der Waals surface area contributed by atoms with Gasteiger partial charge in [-0.1, -0.05) is 34.7 Å². The average molecular weight is 369 g/mol. The summed E-state index contributed by atoms with van der Waals surface area (Å²) in [5.41, 5.74) is 7.98. The van der Waals surface area contributed by atoms with E-state index in [0.717, 1.165) is 17.4 Å². The molecule has 3 atom stereocenters. The van der Waals surface area contributed by atoms with Gasteiger partial charge in [0, 0.05) is 0 Å². The zero-order valence-electron chi connectivity index (χ0n) is 15.1. The molecule has 2 rings (SSSR count). The summed E-state index contributed by atoms with van der Waals surface area (Å²) in [6, 6.07) is 0. The lowest BCUT2D eigenvalue weighted by Crippen LogP contribution is -2.28. The van der Waals surface area contributed by atoms with Crippen LogP contribution in [0.1, 0.15) is 40.5 Å². The molecule has 0 heterocycles. The maximum absolute atomic E-state index is 6.11. The molecule has 0 aromatic heterocycles. The minimum atomic E-state index is -0.645. The maximum atomic E-state index is 6.11. The molecule has 1 saturated carbocycles. The molecule has 130 valence electrons. The third-order valence-electron chi connectivity index (χ3n) is 4.55. The Morgan fingerprint density at radius 3 is 2.17 bits per heavy atom. The predicted octanol–water partition coefficient (Wildman–Crippen LogP) is 1.85. The lowest BCUT2D eigenvalue weighted by atomic mass is 10.1. The molecule has 0 amide bonds. The van der Waals surface area contributed by atoms with E-state index < -0.39 is 29.3 Å². The molecule has 2 aliphatic carbocycles. The molecule has 0 aromatic carbocycles. The van der Waals surface area contributed by atoms with Crippen molar-refractivity contribution in [1.29, 1.82) is 0 Å². The van der Waals surface area contributed by atoms with E-state index >= 15 is 0 Å². The van der Waals surface area contributed by atoms with Crippen LogP contribution in [0.2, 0.25) is 5.54 Å².